The molecule has 2 aliphatic carbocycles. The maximum absolute atomic E-state index is 14.8. The van der Waals surface area contributed by atoms with E-state index in [0.717, 1.165) is 5.56 Å². The van der Waals surface area contributed by atoms with Crippen LogP contribution in [0, 0.1) is 22.6 Å². The van der Waals surface area contributed by atoms with Gasteiger partial charge in [0.1, 0.15) is 29.5 Å². The molecule has 0 unspecified atom stereocenters. The number of sulfonamides is 1. The summed E-state index contributed by atoms with van der Waals surface area (Å²) in [4.78, 5) is 59.0. The second-order valence-corrected chi connectivity index (χ2v) is 19.8. The molecule has 2 saturated carbocycles. The summed E-state index contributed by atoms with van der Waals surface area (Å²) < 4.78 is 59.5. The van der Waals surface area contributed by atoms with Gasteiger partial charge in [-0.1, -0.05) is 65.3 Å². The molecular formula is C41H54FN5O9S. The molecule has 7 rings (SSSR count). The van der Waals surface area contributed by atoms with E-state index in [1.807, 2.05) is 52.0 Å². The van der Waals surface area contributed by atoms with Crippen LogP contribution in [-0.4, -0.2) is 97.4 Å². The van der Waals surface area contributed by atoms with E-state index >= 15 is 0 Å². The number of nitrogens with zero attached hydrogens (tertiary/aromatic N) is 2. The van der Waals surface area contributed by atoms with Gasteiger partial charge < -0.3 is 29.7 Å². The summed E-state index contributed by atoms with van der Waals surface area (Å²) in [5, 5.41) is 5.62. The molecule has 0 bridgehead atoms. The van der Waals surface area contributed by atoms with Crippen molar-refractivity contribution in [2.24, 2.45) is 16.7 Å². The van der Waals surface area contributed by atoms with Crippen LogP contribution in [0.4, 0.5) is 14.9 Å². The summed E-state index contributed by atoms with van der Waals surface area (Å²) in [5.74, 6) is -2.58. The molecular weight excluding hydrogens is 758 g/mol. The predicted molar refractivity (Wildman–Crippen MR) is 207 cm³/mol. The maximum atomic E-state index is 14.8. The Morgan fingerprint density at radius 3 is 2.44 bits per heavy atom. The Morgan fingerprint density at radius 1 is 1.07 bits per heavy atom. The molecule has 0 spiro atoms. The molecule has 0 aromatic heterocycles. The third-order valence-electron chi connectivity index (χ3n) is 11.8. The van der Waals surface area contributed by atoms with Crippen LogP contribution in [-0.2, 0) is 58.3 Å². The zero-order valence-electron chi connectivity index (χ0n) is 33.3. The number of halogens is 1. The number of amides is 4. The van der Waals surface area contributed by atoms with Gasteiger partial charge in [-0.15, -0.1) is 0 Å². The van der Waals surface area contributed by atoms with Crippen molar-refractivity contribution in [3.8, 4) is 0 Å². The van der Waals surface area contributed by atoms with E-state index in [-0.39, 0.29) is 43.8 Å². The molecule has 5 atom stereocenters. The zero-order chi connectivity index (χ0) is 40.9. The lowest BCUT2D eigenvalue weighted by atomic mass is 9.85. The van der Waals surface area contributed by atoms with Crippen molar-refractivity contribution in [1.29, 1.82) is 0 Å². The minimum absolute atomic E-state index is 0.00351. The van der Waals surface area contributed by atoms with Gasteiger partial charge in [0.15, 0.2) is 0 Å². The van der Waals surface area contributed by atoms with Crippen LogP contribution in [0.5, 0.6) is 0 Å². The summed E-state index contributed by atoms with van der Waals surface area (Å²) in [6, 6.07) is 10.2. The fourth-order valence-corrected chi connectivity index (χ4v) is 9.44. The minimum atomic E-state index is -3.89. The highest BCUT2D eigenvalue weighted by molar-refractivity contribution is 7.91. The summed E-state index contributed by atoms with van der Waals surface area (Å²) in [5.41, 5.74) is 0.516. The number of fused-ring (bicyclic) bond motifs is 1. The lowest BCUT2D eigenvalue weighted by Gasteiger charge is -2.37. The first kappa shape index (κ1) is 40.9. The average Bonchev–Trinajstić information content (AvgIpc) is 4.03. The summed E-state index contributed by atoms with van der Waals surface area (Å²) in [6.07, 6.45) is 0.00245. The first-order valence-electron chi connectivity index (χ1n) is 19.8. The lowest BCUT2D eigenvalue weighted by molar-refractivity contribution is -0.141. The SMILES string of the molecule is CC[C@@H]1C[C@]1(NC(=O)[C@@H]1C[C@@H](OC(=O)N2Cc3cccc(F)c3C2)CN1C(=O)[C@@H](Nc1cccc(COCC2(C)COC2)c1)C(C)(C)C)C(=O)NS(=O)(=O)C1CC1. The van der Waals surface area contributed by atoms with Crippen LogP contribution in [0.25, 0.3) is 0 Å². The summed E-state index contributed by atoms with van der Waals surface area (Å²) in [7, 11) is -3.89. The Bertz CT molecular complexity index is 2020. The molecule has 3 heterocycles. The second kappa shape index (κ2) is 15.5. The van der Waals surface area contributed by atoms with Crippen molar-refractivity contribution in [3.05, 3.63) is 65.0 Å². The van der Waals surface area contributed by atoms with Crippen LogP contribution >= 0.6 is 0 Å². The molecule has 4 fully saturated rings. The van der Waals surface area contributed by atoms with Gasteiger partial charge in [-0.2, -0.15) is 0 Å². The van der Waals surface area contributed by atoms with E-state index in [9.17, 15) is 32.0 Å². The van der Waals surface area contributed by atoms with Gasteiger partial charge >= 0.3 is 6.09 Å². The highest BCUT2D eigenvalue weighted by atomic mass is 32.2. The molecule has 57 heavy (non-hydrogen) atoms. The first-order chi connectivity index (χ1) is 26.9. The van der Waals surface area contributed by atoms with Crippen molar-refractivity contribution in [3.63, 3.8) is 0 Å². The molecule has 0 radical (unpaired) electrons. The van der Waals surface area contributed by atoms with Gasteiger partial charge in [-0.05, 0) is 59.9 Å². The van der Waals surface area contributed by atoms with Gasteiger partial charge in [0.25, 0.3) is 5.91 Å². The lowest BCUT2D eigenvalue weighted by Crippen LogP contribution is -2.58. The quantitative estimate of drug-likeness (QED) is 0.251. The van der Waals surface area contributed by atoms with E-state index in [4.69, 9.17) is 14.2 Å². The van der Waals surface area contributed by atoms with Crippen molar-refractivity contribution in [2.45, 2.75) is 115 Å². The molecule has 3 N–H and O–H groups in total. The Labute approximate surface area is 333 Å². The van der Waals surface area contributed by atoms with Crippen LogP contribution in [0.3, 0.4) is 0 Å². The topological polar surface area (TPSA) is 173 Å². The van der Waals surface area contributed by atoms with Gasteiger partial charge in [-0.3, -0.25) is 24.0 Å². The van der Waals surface area contributed by atoms with Crippen LogP contribution in [0.15, 0.2) is 42.5 Å². The molecule has 4 amide bonds. The highest BCUT2D eigenvalue weighted by Gasteiger charge is 2.62. The average molecular weight is 812 g/mol. The molecule has 14 nitrogen and oxygen atoms in total. The highest BCUT2D eigenvalue weighted by Crippen LogP contribution is 2.47. The van der Waals surface area contributed by atoms with Gasteiger partial charge in [0.05, 0.1) is 44.8 Å². The zero-order valence-corrected chi connectivity index (χ0v) is 34.1. The summed E-state index contributed by atoms with van der Waals surface area (Å²) >= 11 is 0. The third kappa shape index (κ3) is 8.77. The molecule has 2 saturated heterocycles. The molecule has 2 aromatic rings. The smallest absolute Gasteiger partial charge is 0.410 e. The van der Waals surface area contributed by atoms with Gasteiger partial charge in [0.2, 0.25) is 21.8 Å². The number of nitrogens with one attached hydrogen (secondary N) is 3. The Morgan fingerprint density at radius 2 is 1.81 bits per heavy atom. The molecule has 2 aromatic carbocycles. The normalized spacial score (nSPS) is 25.5. The predicted octanol–water partition coefficient (Wildman–Crippen LogP) is 4.22. The molecule has 3 aliphatic heterocycles. The Hall–Kier alpha value is -4.28. The van der Waals surface area contributed by atoms with E-state index in [2.05, 4.69) is 22.3 Å². The van der Waals surface area contributed by atoms with Crippen molar-refractivity contribution >= 4 is 39.5 Å². The molecule has 310 valence electrons. The summed E-state index contributed by atoms with van der Waals surface area (Å²) in [6.45, 7) is 12.0. The molecule has 5 aliphatic rings. The van der Waals surface area contributed by atoms with Gasteiger partial charge in [-0.25, -0.2) is 17.6 Å². The molecule has 16 heteroatoms. The Kier molecular flexibility index (Phi) is 11.1. The number of anilines is 1. The van der Waals surface area contributed by atoms with Crippen molar-refractivity contribution < 1.29 is 46.2 Å². The first-order valence-corrected chi connectivity index (χ1v) is 21.4. The fourth-order valence-electron chi connectivity index (χ4n) is 8.08. The van der Waals surface area contributed by atoms with E-state index in [1.165, 1.54) is 15.9 Å². The number of hydrogen-bond acceptors (Lipinski definition) is 10. The van der Waals surface area contributed by atoms with Crippen molar-refractivity contribution in [1.82, 2.24) is 19.8 Å². The van der Waals surface area contributed by atoms with E-state index in [1.54, 1.807) is 12.1 Å². The number of hydrogen-bond donors (Lipinski definition) is 3. The fraction of sp³-hybridized carbons (Fsp3) is 0.610. The van der Waals surface area contributed by atoms with E-state index < -0.39 is 74.0 Å². The third-order valence-corrected chi connectivity index (χ3v) is 13.6. The van der Waals surface area contributed by atoms with Crippen molar-refractivity contribution in [2.75, 3.05) is 31.7 Å². The van der Waals surface area contributed by atoms with Crippen LogP contribution in [0.2, 0.25) is 0 Å². The van der Waals surface area contributed by atoms with Crippen LogP contribution in [0.1, 0.15) is 83.4 Å². The maximum Gasteiger partial charge on any atom is 0.410 e. The minimum Gasteiger partial charge on any atom is -0.444 e. The van der Waals surface area contributed by atoms with E-state index in [0.29, 0.717) is 62.5 Å². The Balaban J connectivity index is 1.10. The number of likely N-dealkylation sites (tertiary alicyclic amines) is 1. The number of carbonyl (C=O) groups is 4. The number of ether oxygens (including phenoxy) is 3. The largest absolute Gasteiger partial charge is 0.444 e. The standard InChI is InChI=1S/C41H54FN5O9S/c1-6-27-17-41(27,37(50)45-57(52,53)30-13-14-30)44-35(48)33-16-29(56-38(51)46-18-26-10-8-12-32(42)31(26)20-46)19-47(33)36(49)34(39(2,3)4)43-28-11-7-9-25(15-28)21-54-22-40(5)23-55-24-40/h7-12,15,27,29-30,33-34,43H,6,13-14,16-24H2,1-5H3,(H,44,48)(H,45,50)/t27-,29-,33+,34-,41-/m1/s1. The van der Waals surface area contributed by atoms with Crippen LogP contribution < -0.4 is 15.4 Å². The number of carbonyl (C=O) groups excluding carboxylic acids is 4. The number of benzene rings is 2. The van der Waals surface area contributed by atoms with Gasteiger partial charge in [0, 0.05) is 29.6 Å². The second-order valence-electron chi connectivity index (χ2n) is 17.9. The monoisotopic (exact) mass is 811 g/mol. The number of rotatable bonds is 14.